The Kier molecular flexibility index (Phi) is 3.89. The van der Waals surface area contributed by atoms with Crippen LogP contribution >= 0.6 is 0 Å². The average molecular weight is 344 g/mol. The summed E-state index contributed by atoms with van der Waals surface area (Å²) in [5.41, 5.74) is 2.09. The Balaban J connectivity index is 1.88. The van der Waals surface area contributed by atoms with Gasteiger partial charge in [-0.2, -0.15) is 0 Å². The summed E-state index contributed by atoms with van der Waals surface area (Å²) >= 11 is 0. The first kappa shape index (κ1) is 15.9. The fourth-order valence-electron chi connectivity index (χ4n) is 2.85. The van der Waals surface area contributed by atoms with Gasteiger partial charge in [0.05, 0.1) is 0 Å². The van der Waals surface area contributed by atoms with Gasteiger partial charge in [0.1, 0.15) is 22.9 Å². The van der Waals surface area contributed by atoms with Crippen LogP contribution in [0.3, 0.4) is 0 Å². The third-order valence-corrected chi connectivity index (χ3v) is 4.10. The smallest absolute Gasteiger partial charge is 0.252 e. The molecule has 4 aromatic rings. The number of carbonyl (C=O) groups is 2. The fourth-order valence-corrected chi connectivity index (χ4v) is 2.85. The SMILES string of the molecule is O=C(C(=O)c1c(-c2ccccc2)nc2ccccn12)c1ccc(F)cc1. The first-order chi connectivity index (χ1) is 12.6. The molecule has 0 spiro atoms. The Labute approximate surface area is 148 Å². The lowest BCUT2D eigenvalue weighted by Gasteiger charge is -2.04. The van der Waals surface area contributed by atoms with E-state index in [2.05, 4.69) is 4.98 Å². The summed E-state index contributed by atoms with van der Waals surface area (Å²) in [5, 5.41) is 0. The van der Waals surface area contributed by atoms with Crippen molar-refractivity contribution in [2.45, 2.75) is 0 Å². The van der Waals surface area contributed by atoms with Crippen LogP contribution in [0.5, 0.6) is 0 Å². The maximum atomic E-state index is 13.1. The Morgan fingerprint density at radius 3 is 2.23 bits per heavy atom. The summed E-state index contributed by atoms with van der Waals surface area (Å²) in [5.74, 6) is -1.85. The van der Waals surface area contributed by atoms with E-state index in [0.29, 0.717) is 11.3 Å². The van der Waals surface area contributed by atoms with Gasteiger partial charge in [0.2, 0.25) is 5.78 Å². The van der Waals surface area contributed by atoms with Crippen LogP contribution in [0.4, 0.5) is 4.39 Å². The second-order valence-electron chi connectivity index (χ2n) is 5.77. The van der Waals surface area contributed by atoms with Crippen molar-refractivity contribution >= 4 is 17.2 Å². The first-order valence-electron chi connectivity index (χ1n) is 8.02. The van der Waals surface area contributed by atoms with Gasteiger partial charge >= 0.3 is 0 Å². The highest BCUT2D eigenvalue weighted by molar-refractivity contribution is 6.49. The first-order valence-corrected chi connectivity index (χ1v) is 8.02. The number of carbonyl (C=O) groups excluding carboxylic acids is 2. The van der Waals surface area contributed by atoms with E-state index >= 15 is 0 Å². The molecule has 2 heterocycles. The summed E-state index contributed by atoms with van der Waals surface area (Å²) in [6.45, 7) is 0. The van der Waals surface area contributed by atoms with Crippen molar-refractivity contribution in [3.05, 3.63) is 96.1 Å². The third kappa shape index (κ3) is 2.69. The topological polar surface area (TPSA) is 51.4 Å². The maximum Gasteiger partial charge on any atom is 0.252 e. The molecule has 0 radical (unpaired) electrons. The minimum absolute atomic E-state index is 0.140. The van der Waals surface area contributed by atoms with Gasteiger partial charge in [-0.1, -0.05) is 36.4 Å². The monoisotopic (exact) mass is 344 g/mol. The Morgan fingerprint density at radius 2 is 1.50 bits per heavy atom. The molecule has 0 aliphatic heterocycles. The lowest BCUT2D eigenvalue weighted by atomic mass is 10.0. The number of benzene rings is 2. The Hall–Kier alpha value is -3.60. The van der Waals surface area contributed by atoms with E-state index in [1.54, 1.807) is 22.7 Å². The normalized spacial score (nSPS) is 10.8. The van der Waals surface area contributed by atoms with E-state index in [0.717, 1.165) is 17.7 Å². The number of imidazole rings is 1. The summed E-state index contributed by atoms with van der Waals surface area (Å²) in [7, 11) is 0. The molecule has 126 valence electrons. The highest BCUT2D eigenvalue weighted by Crippen LogP contribution is 2.25. The van der Waals surface area contributed by atoms with Gasteiger partial charge in [-0.15, -0.1) is 0 Å². The van der Waals surface area contributed by atoms with E-state index in [1.165, 1.54) is 12.1 Å². The van der Waals surface area contributed by atoms with Gasteiger partial charge in [-0.25, -0.2) is 9.37 Å². The molecule has 0 fully saturated rings. The van der Waals surface area contributed by atoms with Crippen molar-refractivity contribution in [2.24, 2.45) is 0 Å². The molecule has 4 rings (SSSR count). The number of rotatable bonds is 4. The molecule has 0 aliphatic carbocycles. The molecule has 0 atom stereocenters. The molecule has 0 amide bonds. The lowest BCUT2D eigenvalue weighted by Crippen LogP contribution is -2.17. The molecule has 0 bridgehead atoms. The van der Waals surface area contributed by atoms with E-state index in [4.69, 9.17) is 0 Å². The van der Waals surface area contributed by atoms with Crippen molar-refractivity contribution < 1.29 is 14.0 Å². The third-order valence-electron chi connectivity index (χ3n) is 4.10. The van der Waals surface area contributed by atoms with Crippen molar-refractivity contribution in [1.29, 1.82) is 0 Å². The molecule has 4 nitrogen and oxygen atoms in total. The maximum absolute atomic E-state index is 13.1. The Bertz CT molecular complexity index is 1120. The summed E-state index contributed by atoms with van der Waals surface area (Å²) in [6, 6.07) is 19.5. The van der Waals surface area contributed by atoms with Crippen molar-refractivity contribution in [2.75, 3.05) is 0 Å². The van der Waals surface area contributed by atoms with Gasteiger partial charge in [0.15, 0.2) is 0 Å². The molecular formula is C21H13FN2O2. The van der Waals surface area contributed by atoms with Crippen LogP contribution in [0.15, 0.2) is 79.0 Å². The second kappa shape index (κ2) is 6.37. The number of hydrogen-bond donors (Lipinski definition) is 0. The summed E-state index contributed by atoms with van der Waals surface area (Å²) in [4.78, 5) is 30.2. The predicted molar refractivity (Wildman–Crippen MR) is 95.7 cm³/mol. The van der Waals surface area contributed by atoms with Gasteiger partial charge in [-0.3, -0.25) is 14.0 Å². The largest absolute Gasteiger partial charge is 0.296 e. The van der Waals surface area contributed by atoms with Crippen LogP contribution in [-0.2, 0) is 0 Å². The van der Waals surface area contributed by atoms with E-state index < -0.39 is 17.4 Å². The molecule has 2 aromatic carbocycles. The van der Waals surface area contributed by atoms with Crippen LogP contribution in [0, 0.1) is 5.82 Å². The number of ketones is 2. The number of fused-ring (bicyclic) bond motifs is 1. The molecular weight excluding hydrogens is 331 g/mol. The molecule has 0 saturated heterocycles. The van der Waals surface area contributed by atoms with Gasteiger partial charge in [0.25, 0.3) is 5.78 Å². The average Bonchev–Trinajstić information content (AvgIpc) is 3.08. The molecule has 0 saturated carbocycles. The number of Topliss-reactive ketones (excluding diaryl/α,β-unsaturated/α-hetero) is 2. The minimum Gasteiger partial charge on any atom is -0.296 e. The quantitative estimate of drug-likeness (QED) is 0.412. The summed E-state index contributed by atoms with van der Waals surface area (Å²) < 4.78 is 14.7. The molecule has 5 heteroatoms. The molecule has 0 N–H and O–H groups in total. The van der Waals surface area contributed by atoms with Crippen LogP contribution in [0.25, 0.3) is 16.9 Å². The highest BCUT2D eigenvalue weighted by Gasteiger charge is 2.26. The zero-order valence-corrected chi connectivity index (χ0v) is 13.6. The fraction of sp³-hybridized carbons (Fsp3) is 0. The number of pyridine rings is 1. The van der Waals surface area contributed by atoms with Crippen molar-refractivity contribution in [3.8, 4) is 11.3 Å². The summed E-state index contributed by atoms with van der Waals surface area (Å²) in [6.07, 6.45) is 1.69. The van der Waals surface area contributed by atoms with Crippen molar-refractivity contribution in [3.63, 3.8) is 0 Å². The van der Waals surface area contributed by atoms with Gasteiger partial charge < -0.3 is 0 Å². The zero-order chi connectivity index (χ0) is 18.1. The van der Waals surface area contributed by atoms with Crippen LogP contribution in [0.1, 0.15) is 20.8 Å². The molecule has 26 heavy (non-hydrogen) atoms. The minimum atomic E-state index is -0.701. The second-order valence-corrected chi connectivity index (χ2v) is 5.77. The van der Waals surface area contributed by atoms with E-state index in [1.807, 2.05) is 36.4 Å². The number of halogens is 1. The molecule has 0 aliphatic rings. The highest BCUT2D eigenvalue weighted by atomic mass is 19.1. The van der Waals surface area contributed by atoms with Crippen LogP contribution < -0.4 is 0 Å². The number of aromatic nitrogens is 2. The lowest BCUT2D eigenvalue weighted by molar-refractivity contribution is 0.0814. The van der Waals surface area contributed by atoms with Gasteiger partial charge in [-0.05, 0) is 36.4 Å². The molecule has 2 aromatic heterocycles. The zero-order valence-electron chi connectivity index (χ0n) is 13.6. The van der Waals surface area contributed by atoms with Crippen LogP contribution in [0.2, 0.25) is 0 Å². The van der Waals surface area contributed by atoms with Crippen molar-refractivity contribution in [1.82, 2.24) is 9.38 Å². The number of hydrogen-bond acceptors (Lipinski definition) is 3. The van der Waals surface area contributed by atoms with Crippen LogP contribution in [-0.4, -0.2) is 21.0 Å². The Morgan fingerprint density at radius 1 is 0.808 bits per heavy atom. The van der Waals surface area contributed by atoms with Gasteiger partial charge in [0, 0.05) is 17.3 Å². The van der Waals surface area contributed by atoms with E-state index in [9.17, 15) is 14.0 Å². The standard InChI is InChI=1S/C21H13FN2O2/c22-16-11-9-15(10-12-16)20(25)21(26)19-18(14-6-2-1-3-7-14)23-17-8-4-5-13-24(17)19/h1-13H. The predicted octanol–water partition coefficient (Wildman–Crippen LogP) is 4.21. The molecule has 0 unspecified atom stereocenters. The number of nitrogens with zero attached hydrogens (tertiary/aromatic N) is 2. The van der Waals surface area contributed by atoms with E-state index in [-0.39, 0.29) is 11.3 Å².